The molecule has 0 saturated carbocycles. The normalized spacial score (nSPS) is 11.2. The fourth-order valence-electron chi connectivity index (χ4n) is 1.72. The second-order valence-electron chi connectivity index (χ2n) is 5.51. The molecule has 0 aliphatic heterocycles. The number of methoxy groups -OCH3 is 1. The number of aromatic nitrogens is 2. The third kappa shape index (κ3) is 4.06. The number of hydrogen-bond acceptors (Lipinski definition) is 4. The summed E-state index contributed by atoms with van der Waals surface area (Å²) < 4.78 is 6.75. The minimum atomic E-state index is -0.450. The van der Waals surface area contributed by atoms with E-state index in [0.29, 0.717) is 12.2 Å². The van der Waals surface area contributed by atoms with Gasteiger partial charge in [0.1, 0.15) is 5.75 Å². The molecule has 6 heteroatoms. The Morgan fingerprint density at radius 3 is 2.57 bits per heavy atom. The Hall–Kier alpha value is -2.34. The molecule has 6 nitrogen and oxygen atoms in total. The molecule has 112 valence electrons. The van der Waals surface area contributed by atoms with E-state index in [1.165, 1.54) is 0 Å². The van der Waals surface area contributed by atoms with Gasteiger partial charge in [-0.05, 0) is 44.2 Å². The minimum Gasteiger partial charge on any atom is -0.497 e. The number of carbonyl (C=O) groups is 1. The second-order valence-corrected chi connectivity index (χ2v) is 5.51. The molecule has 0 aliphatic carbocycles. The molecule has 1 aromatic carbocycles. The molecule has 0 saturated heterocycles. The number of amides is 1. The molecule has 3 N–H and O–H groups in total. The van der Waals surface area contributed by atoms with E-state index in [0.717, 1.165) is 11.4 Å². The largest absolute Gasteiger partial charge is 0.497 e. The van der Waals surface area contributed by atoms with Gasteiger partial charge < -0.3 is 15.8 Å². The van der Waals surface area contributed by atoms with Gasteiger partial charge in [-0.15, -0.1) is 0 Å². The van der Waals surface area contributed by atoms with Crippen LogP contribution < -0.4 is 15.8 Å². The Labute approximate surface area is 123 Å². The molecule has 2 rings (SSSR count). The summed E-state index contributed by atoms with van der Waals surface area (Å²) in [5.74, 6) is 0.537. The zero-order valence-corrected chi connectivity index (χ0v) is 12.5. The third-order valence-corrected chi connectivity index (χ3v) is 2.86. The van der Waals surface area contributed by atoms with Crippen LogP contribution in [0.25, 0.3) is 5.69 Å². The lowest BCUT2D eigenvalue weighted by Gasteiger charge is -2.18. The van der Waals surface area contributed by atoms with Crippen molar-refractivity contribution in [1.29, 1.82) is 0 Å². The van der Waals surface area contributed by atoms with Gasteiger partial charge in [0.2, 0.25) is 0 Å². The average molecular weight is 288 g/mol. The standard InChI is InChI=1S/C15H20N4O2/c1-15(2,16)10-17-14(20)13-8-9-19(18-13)11-4-6-12(21-3)7-5-11/h4-9H,10,16H2,1-3H3,(H,17,20). The Morgan fingerprint density at radius 1 is 1.33 bits per heavy atom. The van der Waals surface area contributed by atoms with E-state index in [4.69, 9.17) is 10.5 Å². The highest BCUT2D eigenvalue weighted by Crippen LogP contribution is 2.14. The number of carbonyl (C=O) groups excluding carboxylic acids is 1. The molecule has 0 bridgehead atoms. The van der Waals surface area contributed by atoms with E-state index in [1.807, 2.05) is 38.1 Å². The first-order chi connectivity index (χ1) is 9.89. The van der Waals surface area contributed by atoms with Gasteiger partial charge in [0.25, 0.3) is 5.91 Å². The quantitative estimate of drug-likeness (QED) is 0.870. The van der Waals surface area contributed by atoms with Gasteiger partial charge in [-0.2, -0.15) is 5.10 Å². The minimum absolute atomic E-state index is 0.235. The summed E-state index contributed by atoms with van der Waals surface area (Å²) >= 11 is 0. The smallest absolute Gasteiger partial charge is 0.271 e. The van der Waals surface area contributed by atoms with Crippen molar-refractivity contribution in [2.75, 3.05) is 13.7 Å². The molecule has 21 heavy (non-hydrogen) atoms. The van der Waals surface area contributed by atoms with E-state index < -0.39 is 5.54 Å². The maximum atomic E-state index is 12.0. The first-order valence-electron chi connectivity index (χ1n) is 6.66. The number of nitrogens with one attached hydrogen (secondary N) is 1. The van der Waals surface area contributed by atoms with Crippen molar-refractivity contribution >= 4 is 5.91 Å². The molecule has 2 aromatic rings. The summed E-state index contributed by atoms with van der Waals surface area (Å²) in [4.78, 5) is 12.0. The molecular formula is C15H20N4O2. The molecule has 0 unspecified atom stereocenters. The molecule has 0 fully saturated rings. The highest BCUT2D eigenvalue weighted by molar-refractivity contribution is 5.92. The van der Waals surface area contributed by atoms with Gasteiger partial charge in [-0.1, -0.05) is 0 Å². The molecule has 0 aliphatic rings. The molecule has 1 amide bonds. The Bertz CT molecular complexity index is 611. The highest BCUT2D eigenvalue weighted by atomic mass is 16.5. The maximum Gasteiger partial charge on any atom is 0.271 e. The lowest BCUT2D eigenvalue weighted by Crippen LogP contribution is -2.45. The second kappa shape index (κ2) is 5.97. The number of hydrogen-bond donors (Lipinski definition) is 2. The van der Waals surface area contributed by atoms with Gasteiger partial charge in [0, 0.05) is 18.3 Å². The van der Waals surface area contributed by atoms with Crippen molar-refractivity contribution in [3.63, 3.8) is 0 Å². The van der Waals surface area contributed by atoms with Crippen molar-refractivity contribution in [1.82, 2.24) is 15.1 Å². The number of benzene rings is 1. The summed E-state index contributed by atoms with van der Waals surface area (Å²) in [6.07, 6.45) is 1.74. The van der Waals surface area contributed by atoms with Gasteiger partial charge in [0.15, 0.2) is 5.69 Å². The fraction of sp³-hybridized carbons (Fsp3) is 0.333. The third-order valence-electron chi connectivity index (χ3n) is 2.86. The Kier molecular flexibility index (Phi) is 4.28. The van der Waals surface area contributed by atoms with Gasteiger partial charge in [-0.3, -0.25) is 4.79 Å². The first kappa shape index (κ1) is 15.1. The molecule has 0 atom stereocenters. The number of nitrogens with zero attached hydrogens (tertiary/aromatic N) is 2. The van der Waals surface area contributed by atoms with Crippen LogP contribution in [0.15, 0.2) is 36.5 Å². The summed E-state index contributed by atoms with van der Waals surface area (Å²) in [7, 11) is 1.62. The van der Waals surface area contributed by atoms with Crippen LogP contribution in [-0.2, 0) is 0 Å². The van der Waals surface area contributed by atoms with E-state index in [1.54, 1.807) is 24.1 Å². The predicted octanol–water partition coefficient (Wildman–Crippen LogP) is 1.35. The lowest BCUT2D eigenvalue weighted by molar-refractivity contribution is 0.0940. The van der Waals surface area contributed by atoms with Gasteiger partial charge in [-0.25, -0.2) is 4.68 Å². The van der Waals surface area contributed by atoms with Crippen molar-refractivity contribution in [2.45, 2.75) is 19.4 Å². The van der Waals surface area contributed by atoms with Crippen molar-refractivity contribution in [3.05, 3.63) is 42.2 Å². The monoisotopic (exact) mass is 288 g/mol. The summed E-state index contributed by atoms with van der Waals surface area (Å²) in [5.41, 5.74) is 6.60. The number of rotatable bonds is 5. The summed E-state index contributed by atoms with van der Waals surface area (Å²) in [6.45, 7) is 4.09. The predicted molar refractivity (Wildman–Crippen MR) is 80.7 cm³/mol. The van der Waals surface area contributed by atoms with E-state index in [2.05, 4.69) is 10.4 Å². The van der Waals surface area contributed by atoms with Crippen LogP contribution in [-0.4, -0.2) is 34.9 Å². The zero-order valence-electron chi connectivity index (χ0n) is 12.5. The average Bonchev–Trinajstić information content (AvgIpc) is 2.94. The summed E-state index contributed by atoms with van der Waals surface area (Å²) in [6, 6.07) is 9.09. The number of nitrogens with two attached hydrogens (primary N) is 1. The van der Waals surface area contributed by atoms with Gasteiger partial charge >= 0.3 is 0 Å². The van der Waals surface area contributed by atoms with Crippen LogP contribution in [0.2, 0.25) is 0 Å². The molecule has 0 radical (unpaired) electrons. The van der Waals surface area contributed by atoms with Crippen LogP contribution in [0, 0.1) is 0 Å². The van der Waals surface area contributed by atoms with Crippen molar-refractivity contribution < 1.29 is 9.53 Å². The zero-order chi connectivity index (χ0) is 15.5. The van der Waals surface area contributed by atoms with Crippen molar-refractivity contribution in [2.24, 2.45) is 5.73 Å². The molecule has 1 aromatic heterocycles. The van der Waals surface area contributed by atoms with Gasteiger partial charge in [0.05, 0.1) is 12.8 Å². The molecular weight excluding hydrogens is 268 g/mol. The van der Waals surface area contributed by atoms with Crippen LogP contribution in [0.1, 0.15) is 24.3 Å². The highest BCUT2D eigenvalue weighted by Gasteiger charge is 2.15. The lowest BCUT2D eigenvalue weighted by atomic mass is 10.1. The SMILES string of the molecule is COc1ccc(-n2ccc(C(=O)NCC(C)(C)N)n2)cc1. The van der Waals surface area contributed by atoms with Crippen LogP contribution >= 0.6 is 0 Å². The maximum absolute atomic E-state index is 12.0. The van der Waals surface area contributed by atoms with Crippen molar-refractivity contribution in [3.8, 4) is 11.4 Å². The van der Waals surface area contributed by atoms with E-state index >= 15 is 0 Å². The first-order valence-corrected chi connectivity index (χ1v) is 6.66. The van der Waals surface area contributed by atoms with Crippen LogP contribution in [0.4, 0.5) is 0 Å². The Morgan fingerprint density at radius 2 is 2.00 bits per heavy atom. The number of ether oxygens (including phenoxy) is 1. The Balaban J connectivity index is 2.08. The summed E-state index contributed by atoms with van der Waals surface area (Å²) in [5, 5.41) is 7.02. The van der Waals surface area contributed by atoms with E-state index in [9.17, 15) is 4.79 Å². The topological polar surface area (TPSA) is 82.2 Å². The van der Waals surface area contributed by atoms with E-state index in [-0.39, 0.29) is 5.91 Å². The fourth-order valence-corrected chi connectivity index (χ4v) is 1.72. The van der Waals surface area contributed by atoms with Crippen LogP contribution in [0.5, 0.6) is 5.75 Å². The molecule has 1 heterocycles. The molecule has 0 spiro atoms. The van der Waals surface area contributed by atoms with Crippen LogP contribution in [0.3, 0.4) is 0 Å².